The Kier molecular flexibility index (Phi) is 9.29. The fourth-order valence-electron chi connectivity index (χ4n) is 4.02. The van der Waals surface area contributed by atoms with Crippen LogP contribution in [0.2, 0.25) is 0 Å². The predicted molar refractivity (Wildman–Crippen MR) is 121 cm³/mol. The van der Waals surface area contributed by atoms with Gasteiger partial charge >= 0.3 is 0 Å². The van der Waals surface area contributed by atoms with Crippen molar-refractivity contribution in [1.29, 1.82) is 0 Å². The molecule has 31 heavy (non-hydrogen) atoms. The van der Waals surface area contributed by atoms with Crippen molar-refractivity contribution in [1.82, 2.24) is 14.7 Å². The second-order valence-corrected chi connectivity index (χ2v) is 9.13. The summed E-state index contributed by atoms with van der Waals surface area (Å²) in [6.07, 6.45) is -0.391. The summed E-state index contributed by atoms with van der Waals surface area (Å²) in [5.41, 5.74) is 1.86. The first-order chi connectivity index (χ1) is 14.9. The molecule has 0 aliphatic carbocycles. The van der Waals surface area contributed by atoms with Crippen LogP contribution in [0.4, 0.5) is 0 Å². The van der Waals surface area contributed by atoms with Crippen molar-refractivity contribution < 1.29 is 19.4 Å². The van der Waals surface area contributed by atoms with Gasteiger partial charge in [-0.1, -0.05) is 31.5 Å². The molecule has 2 aliphatic rings. The highest BCUT2D eigenvalue weighted by Crippen LogP contribution is 2.14. The van der Waals surface area contributed by atoms with Crippen molar-refractivity contribution >= 4 is 5.91 Å². The molecule has 0 spiro atoms. The number of carbonyl (C=O) groups excluding carboxylic acids is 1. The quantitative estimate of drug-likeness (QED) is 0.637. The molecule has 2 unspecified atom stereocenters. The lowest BCUT2D eigenvalue weighted by Crippen LogP contribution is -2.52. The second-order valence-electron chi connectivity index (χ2n) is 9.13. The highest BCUT2D eigenvalue weighted by atomic mass is 16.5. The highest BCUT2D eigenvalue weighted by molar-refractivity contribution is 5.94. The maximum absolute atomic E-state index is 13.3. The SMILES string of the molecule is Cc1ccc(C(=O)N(CCN2CCOCC2)CC2CN(CC(O)C(C)C)CCO2)cc1. The van der Waals surface area contributed by atoms with E-state index in [1.807, 2.05) is 49.9 Å². The molecule has 2 heterocycles. The molecular formula is C24H39N3O4. The van der Waals surface area contributed by atoms with Gasteiger partial charge in [-0.15, -0.1) is 0 Å². The topological polar surface area (TPSA) is 65.5 Å². The first-order valence-corrected chi connectivity index (χ1v) is 11.6. The maximum Gasteiger partial charge on any atom is 0.253 e. The molecule has 2 aliphatic heterocycles. The van der Waals surface area contributed by atoms with Gasteiger partial charge in [-0.25, -0.2) is 0 Å². The monoisotopic (exact) mass is 433 g/mol. The summed E-state index contributed by atoms with van der Waals surface area (Å²) in [4.78, 5) is 19.9. The van der Waals surface area contributed by atoms with E-state index >= 15 is 0 Å². The molecule has 2 atom stereocenters. The van der Waals surface area contributed by atoms with E-state index in [1.54, 1.807) is 0 Å². The second kappa shape index (κ2) is 11.9. The summed E-state index contributed by atoms with van der Waals surface area (Å²) < 4.78 is 11.5. The zero-order chi connectivity index (χ0) is 22.2. The molecule has 1 aromatic rings. The molecule has 174 valence electrons. The first-order valence-electron chi connectivity index (χ1n) is 11.6. The fourth-order valence-corrected chi connectivity index (χ4v) is 4.02. The van der Waals surface area contributed by atoms with E-state index in [1.165, 1.54) is 0 Å². The first kappa shape index (κ1) is 24.1. The van der Waals surface area contributed by atoms with Gasteiger partial charge in [0.05, 0.1) is 32.0 Å². The van der Waals surface area contributed by atoms with E-state index in [4.69, 9.17) is 9.47 Å². The molecule has 3 rings (SSSR count). The predicted octanol–water partition coefficient (Wildman–Crippen LogP) is 1.49. The molecule has 1 aromatic carbocycles. The Hall–Kier alpha value is -1.51. The Morgan fingerprint density at radius 2 is 1.81 bits per heavy atom. The number of aliphatic hydroxyl groups is 1. The smallest absolute Gasteiger partial charge is 0.253 e. The molecule has 0 bridgehead atoms. The zero-order valence-corrected chi connectivity index (χ0v) is 19.3. The summed E-state index contributed by atoms with van der Waals surface area (Å²) in [6.45, 7) is 14.3. The van der Waals surface area contributed by atoms with E-state index in [2.05, 4.69) is 9.80 Å². The van der Waals surface area contributed by atoms with E-state index in [0.29, 0.717) is 26.2 Å². The fraction of sp³-hybridized carbons (Fsp3) is 0.708. The third-order valence-electron chi connectivity index (χ3n) is 6.24. The van der Waals surface area contributed by atoms with Crippen LogP contribution in [0.3, 0.4) is 0 Å². The number of aryl methyl sites for hydroxylation is 1. The molecule has 2 fully saturated rings. The summed E-state index contributed by atoms with van der Waals surface area (Å²) in [5.74, 6) is 0.283. The number of hydrogen-bond donors (Lipinski definition) is 1. The van der Waals surface area contributed by atoms with Crippen LogP contribution in [0.15, 0.2) is 24.3 Å². The van der Waals surface area contributed by atoms with Crippen LogP contribution in [0, 0.1) is 12.8 Å². The standard InChI is InChI=1S/C24H39N3O4/c1-19(2)23(28)18-26-12-15-31-22(16-26)17-27(9-8-25-10-13-30-14-11-25)24(29)21-6-4-20(3)5-7-21/h4-7,19,22-23,28H,8-18H2,1-3H3. The minimum Gasteiger partial charge on any atom is -0.392 e. The lowest BCUT2D eigenvalue weighted by Gasteiger charge is -2.37. The Labute approximate surface area is 186 Å². The van der Waals surface area contributed by atoms with Crippen molar-refractivity contribution in [3.8, 4) is 0 Å². The number of morpholine rings is 2. The van der Waals surface area contributed by atoms with E-state index in [-0.39, 0.29) is 24.0 Å². The average molecular weight is 434 g/mol. The van der Waals surface area contributed by atoms with Crippen molar-refractivity contribution in [2.24, 2.45) is 5.92 Å². The molecule has 1 N–H and O–H groups in total. The zero-order valence-electron chi connectivity index (χ0n) is 19.3. The Morgan fingerprint density at radius 3 is 2.48 bits per heavy atom. The number of β-amino-alcohol motifs (C(OH)–C–C–N with tert-alkyl or cyclic N) is 1. The van der Waals surface area contributed by atoms with Gasteiger partial charge in [0.1, 0.15) is 0 Å². The number of benzene rings is 1. The number of hydrogen-bond acceptors (Lipinski definition) is 6. The summed E-state index contributed by atoms with van der Waals surface area (Å²) >= 11 is 0. The van der Waals surface area contributed by atoms with Gasteiger partial charge < -0.3 is 19.5 Å². The van der Waals surface area contributed by atoms with Crippen LogP contribution < -0.4 is 0 Å². The Balaban J connectivity index is 1.63. The largest absolute Gasteiger partial charge is 0.392 e. The molecule has 0 aromatic heterocycles. The Bertz CT molecular complexity index is 676. The number of nitrogens with zero attached hydrogens (tertiary/aromatic N) is 3. The number of carbonyl (C=O) groups is 1. The number of aliphatic hydroxyl groups excluding tert-OH is 1. The van der Waals surface area contributed by atoms with Crippen LogP contribution in [-0.4, -0.2) is 110 Å². The summed E-state index contributed by atoms with van der Waals surface area (Å²) in [5, 5.41) is 10.3. The van der Waals surface area contributed by atoms with E-state index in [9.17, 15) is 9.90 Å². The highest BCUT2D eigenvalue weighted by Gasteiger charge is 2.27. The average Bonchev–Trinajstić information content (AvgIpc) is 2.77. The van der Waals surface area contributed by atoms with Crippen LogP contribution in [0.25, 0.3) is 0 Å². The van der Waals surface area contributed by atoms with E-state index in [0.717, 1.165) is 57.1 Å². The summed E-state index contributed by atoms with van der Waals surface area (Å²) in [6, 6.07) is 7.79. The Morgan fingerprint density at radius 1 is 1.13 bits per heavy atom. The van der Waals surface area contributed by atoms with Gasteiger partial charge in [0, 0.05) is 57.9 Å². The molecular weight excluding hydrogens is 394 g/mol. The molecule has 2 saturated heterocycles. The minimum absolute atomic E-state index is 0.0489. The van der Waals surface area contributed by atoms with Crippen molar-refractivity contribution in [3.05, 3.63) is 35.4 Å². The van der Waals surface area contributed by atoms with Crippen LogP contribution in [0.5, 0.6) is 0 Å². The number of ether oxygens (including phenoxy) is 2. The lowest BCUT2D eigenvalue weighted by molar-refractivity contribution is -0.0550. The van der Waals surface area contributed by atoms with Crippen molar-refractivity contribution in [3.63, 3.8) is 0 Å². The third-order valence-corrected chi connectivity index (χ3v) is 6.24. The number of rotatable bonds is 9. The van der Waals surface area contributed by atoms with Gasteiger partial charge in [-0.05, 0) is 25.0 Å². The van der Waals surface area contributed by atoms with Crippen LogP contribution in [0.1, 0.15) is 29.8 Å². The van der Waals surface area contributed by atoms with Crippen molar-refractivity contribution in [2.75, 3.05) is 72.2 Å². The van der Waals surface area contributed by atoms with Crippen LogP contribution in [-0.2, 0) is 9.47 Å². The van der Waals surface area contributed by atoms with Gasteiger partial charge in [0.25, 0.3) is 5.91 Å². The third kappa shape index (κ3) is 7.54. The van der Waals surface area contributed by atoms with Crippen molar-refractivity contribution in [2.45, 2.75) is 33.0 Å². The van der Waals surface area contributed by atoms with Gasteiger partial charge in [-0.2, -0.15) is 0 Å². The number of amides is 1. The molecule has 0 radical (unpaired) electrons. The van der Waals surface area contributed by atoms with Gasteiger partial charge in [0.15, 0.2) is 0 Å². The molecule has 7 nitrogen and oxygen atoms in total. The normalized spacial score (nSPS) is 21.9. The van der Waals surface area contributed by atoms with Gasteiger partial charge in [0.2, 0.25) is 0 Å². The molecule has 1 amide bonds. The lowest BCUT2D eigenvalue weighted by atomic mass is 10.1. The molecule has 7 heteroatoms. The van der Waals surface area contributed by atoms with Gasteiger partial charge in [-0.3, -0.25) is 14.6 Å². The summed E-state index contributed by atoms with van der Waals surface area (Å²) in [7, 11) is 0. The van der Waals surface area contributed by atoms with Crippen LogP contribution >= 0.6 is 0 Å². The maximum atomic E-state index is 13.3. The molecule has 0 saturated carbocycles. The minimum atomic E-state index is -0.342. The van der Waals surface area contributed by atoms with E-state index < -0.39 is 0 Å².